The predicted octanol–water partition coefficient (Wildman–Crippen LogP) is 2.21. The summed E-state index contributed by atoms with van der Waals surface area (Å²) in [5, 5.41) is 25.8. The van der Waals surface area contributed by atoms with E-state index < -0.39 is 24.5 Å². The van der Waals surface area contributed by atoms with Crippen LogP contribution in [0.3, 0.4) is 0 Å². The van der Waals surface area contributed by atoms with Gasteiger partial charge >= 0.3 is 0 Å². The van der Waals surface area contributed by atoms with E-state index in [0.29, 0.717) is 23.5 Å². The van der Waals surface area contributed by atoms with E-state index in [9.17, 15) is 10.2 Å². The van der Waals surface area contributed by atoms with Gasteiger partial charge < -0.3 is 25.0 Å². The minimum absolute atomic E-state index is 0.309. The molecule has 0 spiro atoms. The number of rotatable bonds is 6. The van der Waals surface area contributed by atoms with Gasteiger partial charge in [-0.2, -0.15) is 0 Å². The molecule has 3 N–H and O–H groups in total. The van der Waals surface area contributed by atoms with Crippen LogP contribution < -0.4 is 5.32 Å². The van der Waals surface area contributed by atoms with E-state index in [-0.39, 0.29) is 6.61 Å². The van der Waals surface area contributed by atoms with Gasteiger partial charge in [0.25, 0.3) is 0 Å². The standard InChI is InChI=1S/C24H23N5O4/c1-32-21-20(31)17(10-30)33-24(21)29-12-28-19-22(26-11-27-23(19)29)25-9-15-8-14-6-2-4-13-5-3-7-16(15)18(13)14/h2-8,11-12,17,20-21,24,30-31H,9-10H2,1H3,(H,25,26,27)/t17-,20-,21-,24-/m1/s1. The van der Waals surface area contributed by atoms with Gasteiger partial charge in [0.2, 0.25) is 0 Å². The Kier molecular flexibility index (Phi) is 4.84. The van der Waals surface area contributed by atoms with Gasteiger partial charge in [-0.25, -0.2) is 15.0 Å². The zero-order chi connectivity index (χ0) is 22.5. The molecule has 2 aromatic carbocycles. The Bertz CT molecular complexity index is 1380. The largest absolute Gasteiger partial charge is 0.394 e. The number of hydrogen-bond acceptors (Lipinski definition) is 8. The van der Waals surface area contributed by atoms with Crippen molar-refractivity contribution in [3.8, 4) is 0 Å². The average Bonchev–Trinajstić information content (AvgIpc) is 3.52. The summed E-state index contributed by atoms with van der Waals surface area (Å²) in [5.74, 6) is 0.606. The maximum Gasteiger partial charge on any atom is 0.167 e. The van der Waals surface area contributed by atoms with E-state index in [0.717, 1.165) is 0 Å². The quantitative estimate of drug-likeness (QED) is 0.414. The molecule has 4 atom stereocenters. The summed E-state index contributed by atoms with van der Waals surface area (Å²) in [6, 6.07) is 12.7. The van der Waals surface area contributed by atoms with Crippen molar-refractivity contribution in [2.24, 2.45) is 0 Å². The second kappa shape index (κ2) is 7.89. The third-order valence-electron chi connectivity index (χ3n) is 6.46. The lowest BCUT2D eigenvalue weighted by Gasteiger charge is -2.20. The molecule has 1 fully saturated rings. The molecule has 33 heavy (non-hydrogen) atoms. The highest BCUT2D eigenvalue weighted by atomic mass is 16.6. The molecule has 9 nitrogen and oxygen atoms in total. The van der Waals surface area contributed by atoms with E-state index in [1.807, 2.05) is 0 Å². The minimum atomic E-state index is -0.958. The number of fused-ring (bicyclic) bond motifs is 1. The molecule has 1 aliphatic heterocycles. The topological polar surface area (TPSA) is 115 Å². The number of nitrogens with one attached hydrogen (secondary N) is 1. The average molecular weight is 445 g/mol. The van der Waals surface area contributed by atoms with E-state index in [2.05, 4.69) is 62.7 Å². The molecule has 9 heteroatoms. The first-order valence-corrected chi connectivity index (χ1v) is 10.8. The molecule has 6 rings (SSSR count). The smallest absolute Gasteiger partial charge is 0.167 e. The second-order valence-electron chi connectivity index (χ2n) is 8.26. The number of aromatic nitrogens is 4. The van der Waals surface area contributed by atoms with Gasteiger partial charge in [0, 0.05) is 13.7 Å². The van der Waals surface area contributed by atoms with Crippen molar-refractivity contribution < 1.29 is 19.7 Å². The summed E-state index contributed by atoms with van der Waals surface area (Å²) in [7, 11) is 1.50. The number of anilines is 1. The SMILES string of the molecule is CO[C@@H]1[C@H](O)[C@@H](CO)O[C@H]1n1cnc2c(NCC3=Cc4cccc5cccc3c45)ncnc21. The van der Waals surface area contributed by atoms with Gasteiger partial charge in [-0.15, -0.1) is 0 Å². The molecule has 0 bridgehead atoms. The number of ether oxygens (including phenoxy) is 2. The van der Waals surface area contributed by atoms with Crippen molar-refractivity contribution in [1.82, 2.24) is 19.5 Å². The molecule has 2 aromatic heterocycles. The Labute approximate surface area is 189 Å². The summed E-state index contributed by atoms with van der Waals surface area (Å²) in [4.78, 5) is 13.3. The molecular weight excluding hydrogens is 422 g/mol. The molecule has 0 radical (unpaired) electrons. The lowest BCUT2D eigenvalue weighted by molar-refractivity contribution is -0.0583. The molecule has 0 saturated carbocycles. The fourth-order valence-corrected chi connectivity index (χ4v) is 4.86. The van der Waals surface area contributed by atoms with Gasteiger partial charge in [-0.1, -0.05) is 36.4 Å². The van der Waals surface area contributed by atoms with Crippen LogP contribution >= 0.6 is 0 Å². The van der Waals surface area contributed by atoms with Crippen LogP contribution in [-0.2, 0) is 9.47 Å². The summed E-state index contributed by atoms with van der Waals surface area (Å²) >= 11 is 0. The van der Waals surface area contributed by atoms with Crippen LogP contribution in [0.1, 0.15) is 17.4 Å². The third kappa shape index (κ3) is 3.12. The van der Waals surface area contributed by atoms with Crippen molar-refractivity contribution in [3.05, 3.63) is 60.2 Å². The molecule has 3 heterocycles. The molecule has 0 unspecified atom stereocenters. The van der Waals surface area contributed by atoms with Gasteiger partial charge in [-0.3, -0.25) is 4.57 Å². The van der Waals surface area contributed by atoms with Crippen LogP contribution in [0, 0.1) is 0 Å². The predicted molar refractivity (Wildman–Crippen MR) is 123 cm³/mol. The van der Waals surface area contributed by atoms with Gasteiger partial charge in [0.1, 0.15) is 24.6 Å². The van der Waals surface area contributed by atoms with Crippen LogP contribution in [0.4, 0.5) is 5.82 Å². The maximum absolute atomic E-state index is 10.4. The van der Waals surface area contributed by atoms with Gasteiger partial charge in [0.15, 0.2) is 23.2 Å². The van der Waals surface area contributed by atoms with Crippen LogP contribution in [0.2, 0.25) is 0 Å². The lowest BCUT2D eigenvalue weighted by Crippen LogP contribution is -2.34. The molecule has 1 aliphatic carbocycles. The van der Waals surface area contributed by atoms with Crippen molar-refractivity contribution >= 4 is 39.4 Å². The number of aliphatic hydroxyl groups excluding tert-OH is 2. The number of imidazole rings is 1. The van der Waals surface area contributed by atoms with Crippen LogP contribution in [0.25, 0.3) is 33.6 Å². The number of benzene rings is 2. The van der Waals surface area contributed by atoms with Crippen LogP contribution in [0.15, 0.2) is 49.1 Å². The molecular formula is C24H23N5O4. The molecule has 168 valence electrons. The lowest BCUT2D eigenvalue weighted by atomic mass is 10.0. The van der Waals surface area contributed by atoms with Gasteiger partial charge in [0.05, 0.1) is 12.9 Å². The van der Waals surface area contributed by atoms with E-state index in [1.165, 1.54) is 40.9 Å². The van der Waals surface area contributed by atoms with Crippen molar-refractivity contribution in [3.63, 3.8) is 0 Å². The first-order chi connectivity index (χ1) is 16.2. The second-order valence-corrected chi connectivity index (χ2v) is 8.26. The Hall–Kier alpha value is -3.37. The fraction of sp³-hybridized carbons (Fsp3) is 0.292. The van der Waals surface area contributed by atoms with Crippen molar-refractivity contribution in [2.75, 3.05) is 25.6 Å². The maximum atomic E-state index is 10.4. The monoisotopic (exact) mass is 445 g/mol. The Morgan fingerprint density at radius 1 is 1.15 bits per heavy atom. The van der Waals surface area contributed by atoms with E-state index in [4.69, 9.17) is 9.47 Å². The molecule has 1 saturated heterocycles. The van der Waals surface area contributed by atoms with E-state index >= 15 is 0 Å². The fourth-order valence-electron chi connectivity index (χ4n) is 4.86. The molecule has 4 aromatic rings. The normalized spacial score (nSPS) is 24.0. The highest BCUT2D eigenvalue weighted by Crippen LogP contribution is 2.37. The summed E-state index contributed by atoms with van der Waals surface area (Å²) < 4.78 is 13.0. The first kappa shape index (κ1) is 20.3. The first-order valence-electron chi connectivity index (χ1n) is 10.8. The third-order valence-corrected chi connectivity index (χ3v) is 6.46. The van der Waals surface area contributed by atoms with Crippen molar-refractivity contribution in [2.45, 2.75) is 24.5 Å². The summed E-state index contributed by atoms with van der Waals surface area (Å²) in [5.41, 5.74) is 4.76. The number of methoxy groups -OCH3 is 1. The summed E-state index contributed by atoms with van der Waals surface area (Å²) in [6.07, 6.45) is 2.24. The number of aliphatic hydroxyl groups is 2. The highest BCUT2D eigenvalue weighted by Gasteiger charge is 2.45. The number of nitrogens with zero attached hydrogens (tertiary/aromatic N) is 4. The summed E-state index contributed by atoms with van der Waals surface area (Å²) in [6.45, 7) is 0.273. The highest BCUT2D eigenvalue weighted by molar-refractivity contribution is 6.09. The van der Waals surface area contributed by atoms with Gasteiger partial charge in [-0.05, 0) is 33.5 Å². The number of hydrogen-bond donors (Lipinski definition) is 3. The van der Waals surface area contributed by atoms with Crippen molar-refractivity contribution in [1.29, 1.82) is 0 Å². The molecule has 0 amide bonds. The van der Waals surface area contributed by atoms with E-state index in [1.54, 1.807) is 10.9 Å². The van der Waals surface area contributed by atoms with Crippen LogP contribution in [-0.4, -0.2) is 68.3 Å². The Morgan fingerprint density at radius 2 is 2.00 bits per heavy atom. The minimum Gasteiger partial charge on any atom is -0.394 e. The zero-order valence-corrected chi connectivity index (χ0v) is 17.9. The van der Waals surface area contributed by atoms with Crippen LogP contribution in [0.5, 0.6) is 0 Å². The Morgan fingerprint density at radius 3 is 2.82 bits per heavy atom. The Balaban J connectivity index is 1.29. The zero-order valence-electron chi connectivity index (χ0n) is 17.9. The molecule has 2 aliphatic rings.